The molecule has 2 aromatic rings. The second-order valence-corrected chi connectivity index (χ2v) is 10.3. The maximum atomic E-state index is 13.6. The van der Waals surface area contributed by atoms with Gasteiger partial charge in [0.15, 0.2) is 0 Å². The van der Waals surface area contributed by atoms with Gasteiger partial charge in [0.2, 0.25) is 0 Å². The first-order valence-electron chi connectivity index (χ1n) is 8.37. The highest BCUT2D eigenvalue weighted by molar-refractivity contribution is 7.68. The van der Waals surface area contributed by atoms with Crippen molar-refractivity contribution < 1.29 is 22.7 Å². The Morgan fingerprint density at radius 1 is 0.960 bits per heavy atom. The van der Waals surface area contributed by atoms with E-state index in [1.54, 1.807) is 13.8 Å². The molecule has 1 heterocycles. The van der Waals surface area contributed by atoms with Crippen molar-refractivity contribution in [3.63, 3.8) is 0 Å². The summed E-state index contributed by atoms with van der Waals surface area (Å²) in [6.07, 6.45) is 0.165. The third-order valence-corrected chi connectivity index (χ3v) is 8.87. The molecule has 0 saturated carbocycles. The SMILES string of the molecule is CCOP(=O)(CCP1(=O)Oc2ccccc2-c2ccccc21)OCC. The number of hydrogen-bond donors (Lipinski definition) is 0. The zero-order valence-electron chi connectivity index (χ0n) is 14.4. The molecule has 0 amide bonds. The molecule has 0 N–H and O–H groups in total. The van der Waals surface area contributed by atoms with Crippen LogP contribution in [0, 0.1) is 0 Å². The van der Waals surface area contributed by atoms with Gasteiger partial charge in [0, 0.05) is 5.56 Å². The Kier molecular flexibility index (Phi) is 5.50. The molecule has 25 heavy (non-hydrogen) atoms. The topological polar surface area (TPSA) is 61.8 Å². The molecule has 5 nitrogen and oxygen atoms in total. The summed E-state index contributed by atoms with van der Waals surface area (Å²) in [5, 5.41) is 0.660. The van der Waals surface area contributed by atoms with Crippen molar-refractivity contribution in [2.75, 3.05) is 25.5 Å². The first-order chi connectivity index (χ1) is 12.0. The largest absolute Gasteiger partial charge is 0.439 e. The van der Waals surface area contributed by atoms with Crippen molar-refractivity contribution >= 4 is 20.3 Å². The highest BCUT2D eigenvalue weighted by atomic mass is 31.2. The standard InChI is InChI=1S/C18H22O5P2/c1-3-21-25(20,22-4-2)14-13-24(19)18-12-8-6-10-16(18)15-9-5-7-11-17(15)23-24/h5-12H,3-4,13-14H2,1-2H3. The van der Waals surface area contributed by atoms with Gasteiger partial charge >= 0.3 is 7.60 Å². The predicted octanol–water partition coefficient (Wildman–Crippen LogP) is 4.92. The summed E-state index contributed by atoms with van der Waals surface area (Å²) in [6.45, 7) is 4.08. The summed E-state index contributed by atoms with van der Waals surface area (Å²) in [6, 6.07) is 15.0. The van der Waals surface area contributed by atoms with E-state index in [1.807, 2.05) is 48.5 Å². The van der Waals surface area contributed by atoms with Crippen molar-refractivity contribution in [3.8, 4) is 16.9 Å². The lowest BCUT2D eigenvalue weighted by Gasteiger charge is -2.29. The fourth-order valence-corrected chi connectivity index (χ4v) is 7.89. The minimum atomic E-state index is -3.28. The van der Waals surface area contributed by atoms with Crippen molar-refractivity contribution in [1.29, 1.82) is 0 Å². The second-order valence-electron chi connectivity index (χ2n) is 5.67. The van der Waals surface area contributed by atoms with Crippen LogP contribution in [0.3, 0.4) is 0 Å². The number of hydrogen-bond acceptors (Lipinski definition) is 5. The molecular weight excluding hydrogens is 358 g/mol. The van der Waals surface area contributed by atoms with Crippen LogP contribution in [0.4, 0.5) is 0 Å². The number of benzene rings is 2. The Labute approximate surface area is 148 Å². The van der Waals surface area contributed by atoms with Gasteiger partial charge in [-0.15, -0.1) is 0 Å². The van der Waals surface area contributed by atoms with Gasteiger partial charge in [-0.1, -0.05) is 36.4 Å². The van der Waals surface area contributed by atoms with Crippen molar-refractivity contribution in [3.05, 3.63) is 48.5 Å². The summed E-state index contributed by atoms with van der Waals surface area (Å²) < 4.78 is 42.9. The third-order valence-electron chi connectivity index (χ3n) is 4.01. The molecule has 1 unspecified atom stereocenters. The summed E-state index contributed by atoms with van der Waals surface area (Å²) in [7, 11) is -6.49. The Morgan fingerprint density at radius 3 is 2.24 bits per heavy atom. The minimum absolute atomic E-state index is 0.0580. The quantitative estimate of drug-likeness (QED) is 0.639. The van der Waals surface area contributed by atoms with E-state index in [-0.39, 0.29) is 25.5 Å². The van der Waals surface area contributed by atoms with Crippen LogP contribution in [0.25, 0.3) is 11.1 Å². The van der Waals surface area contributed by atoms with E-state index >= 15 is 0 Å². The molecule has 1 atom stereocenters. The van der Waals surface area contributed by atoms with Crippen LogP contribution in [0.5, 0.6) is 5.75 Å². The van der Waals surface area contributed by atoms with E-state index in [0.717, 1.165) is 11.1 Å². The molecule has 0 saturated heterocycles. The molecule has 0 spiro atoms. The molecule has 1 aliphatic heterocycles. The molecular formula is C18H22O5P2. The highest BCUT2D eigenvalue weighted by Gasteiger charge is 2.38. The van der Waals surface area contributed by atoms with Crippen molar-refractivity contribution in [1.82, 2.24) is 0 Å². The summed E-state index contributed by atoms with van der Waals surface area (Å²) in [4.78, 5) is 0. The number of para-hydroxylation sites is 1. The van der Waals surface area contributed by atoms with Crippen LogP contribution in [0.2, 0.25) is 0 Å². The lowest BCUT2D eigenvalue weighted by molar-refractivity contribution is 0.221. The molecule has 0 fully saturated rings. The maximum Gasteiger partial charge on any atom is 0.331 e. The molecule has 7 heteroatoms. The van der Waals surface area contributed by atoms with Crippen LogP contribution >= 0.6 is 15.0 Å². The highest BCUT2D eigenvalue weighted by Crippen LogP contribution is 2.58. The lowest BCUT2D eigenvalue weighted by Crippen LogP contribution is -2.21. The van der Waals surface area contributed by atoms with Gasteiger partial charge in [0.1, 0.15) is 5.75 Å². The summed E-state index contributed by atoms with van der Waals surface area (Å²) >= 11 is 0. The molecule has 1 aliphatic rings. The van der Waals surface area contributed by atoms with Crippen molar-refractivity contribution in [2.45, 2.75) is 13.8 Å². The van der Waals surface area contributed by atoms with Crippen LogP contribution in [-0.2, 0) is 18.2 Å². The van der Waals surface area contributed by atoms with Gasteiger partial charge in [-0.25, -0.2) is 0 Å². The fourth-order valence-electron chi connectivity index (χ4n) is 2.96. The van der Waals surface area contributed by atoms with Gasteiger partial charge in [0.25, 0.3) is 7.37 Å². The molecule has 0 radical (unpaired) electrons. The van der Waals surface area contributed by atoms with E-state index in [4.69, 9.17) is 13.6 Å². The van der Waals surface area contributed by atoms with Crippen LogP contribution in [0.1, 0.15) is 13.8 Å². The Bertz CT molecular complexity index is 839. The zero-order valence-corrected chi connectivity index (χ0v) is 16.2. The average molecular weight is 380 g/mol. The molecule has 134 valence electrons. The Balaban J connectivity index is 1.94. The Hall–Kier alpha value is -1.38. The number of rotatable bonds is 7. The van der Waals surface area contributed by atoms with Crippen LogP contribution in [-0.4, -0.2) is 25.5 Å². The smallest absolute Gasteiger partial charge is 0.331 e. The molecule has 2 aromatic carbocycles. The van der Waals surface area contributed by atoms with Gasteiger partial charge in [0.05, 0.1) is 30.8 Å². The lowest BCUT2D eigenvalue weighted by atomic mass is 10.0. The van der Waals surface area contributed by atoms with E-state index < -0.39 is 15.0 Å². The van der Waals surface area contributed by atoms with Gasteiger partial charge in [-0.3, -0.25) is 9.13 Å². The summed E-state index contributed by atoms with van der Waals surface area (Å²) in [5.74, 6) is 0.590. The van der Waals surface area contributed by atoms with Crippen LogP contribution in [0.15, 0.2) is 48.5 Å². The third kappa shape index (κ3) is 3.75. The van der Waals surface area contributed by atoms with E-state index in [0.29, 0.717) is 11.1 Å². The van der Waals surface area contributed by atoms with Crippen molar-refractivity contribution in [2.24, 2.45) is 0 Å². The van der Waals surface area contributed by atoms with Gasteiger partial charge < -0.3 is 13.6 Å². The maximum absolute atomic E-state index is 13.6. The molecule has 0 aromatic heterocycles. The van der Waals surface area contributed by atoms with E-state index in [1.165, 1.54) is 0 Å². The van der Waals surface area contributed by atoms with Crippen LogP contribution < -0.4 is 9.83 Å². The number of fused-ring (bicyclic) bond motifs is 3. The first kappa shape index (κ1) is 18.4. The normalized spacial score (nSPS) is 19.0. The summed E-state index contributed by atoms with van der Waals surface area (Å²) in [5.41, 5.74) is 1.82. The van der Waals surface area contributed by atoms with E-state index in [9.17, 15) is 9.13 Å². The molecule has 0 bridgehead atoms. The average Bonchev–Trinajstić information content (AvgIpc) is 2.61. The predicted molar refractivity (Wildman–Crippen MR) is 100 cm³/mol. The molecule has 3 rings (SSSR count). The van der Waals surface area contributed by atoms with Gasteiger partial charge in [-0.2, -0.15) is 0 Å². The van der Waals surface area contributed by atoms with Gasteiger partial charge in [-0.05, 0) is 31.5 Å². The second kappa shape index (κ2) is 7.47. The fraction of sp³-hybridized carbons (Fsp3) is 0.333. The monoisotopic (exact) mass is 380 g/mol. The van der Waals surface area contributed by atoms with E-state index in [2.05, 4.69) is 0 Å². The minimum Gasteiger partial charge on any atom is -0.439 e. The first-order valence-corrected chi connectivity index (χ1v) is 11.9. The zero-order chi connectivity index (χ0) is 17.9. The molecule has 0 aliphatic carbocycles. The Morgan fingerprint density at radius 2 is 1.56 bits per heavy atom.